The maximum Gasteiger partial charge on any atom is 0.222 e. The van der Waals surface area contributed by atoms with Crippen molar-refractivity contribution in [1.29, 1.82) is 0 Å². The predicted molar refractivity (Wildman–Crippen MR) is 89.8 cm³/mol. The summed E-state index contributed by atoms with van der Waals surface area (Å²) in [6.07, 6.45) is 5.99. The van der Waals surface area contributed by atoms with E-state index in [1.165, 1.54) is 52.0 Å². The first-order valence-corrected chi connectivity index (χ1v) is 9.18. The molecule has 0 aromatic heterocycles. The Labute approximate surface area is 135 Å². The molecule has 1 atom stereocenters. The Morgan fingerprint density at radius 3 is 2.55 bits per heavy atom. The Morgan fingerprint density at radius 1 is 1.18 bits per heavy atom. The highest BCUT2D eigenvalue weighted by Gasteiger charge is 2.40. The van der Waals surface area contributed by atoms with E-state index in [1.54, 1.807) is 0 Å². The normalized spacial score (nSPS) is 30.6. The van der Waals surface area contributed by atoms with Gasteiger partial charge in [-0.3, -0.25) is 4.79 Å². The SMILES string of the molecule is CC(C)N1CC(CN2CCC3(CCN(C)CC3)C2)CCC1=O. The lowest BCUT2D eigenvalue weighted by Crippen LogP contribution is -2.47. The van der Waals surface area contributed by atoms with Gasteiger partial charge >= 0.3 is 0 Å². The number of hydrogen-bond donors (Lipinski definition) is 0. The molecule has 1 unspecified atom stereocenters. The second kappa shape index (κ2) is 6.48. The summed E-state index contributed by atoms with van der Waals surface area (Å²) in [5.74, 6) is 1.04. The zero-order valence-corrected chi connectivity index (χ0v) is 14.7. The number of piperidine rings is 2. The number of nitrogens with zero attached hydrogens (tertiary/aromatic N) is 3. The minimum atomic E-state index is 0.356. The van der Waals surface area contributed by atoms with E-state index in [2.05, 4.69) is 35.6 Å². The molecule has 0 aromatic rings. The van der Waals surface area contributed by atoms with Gasteiger partial charge in [0, 0.05) is 32.1 Å². The lowest BCUT2D eigenvalue weighted by Gasteiger charge is -2.39. The van der Waals surface area contributed by atoms with Gasteiger partial charge < -0.3 is 14.7 Å². The molecular formula is C18H33N3O. The number of rotatable bonds is 3. The highest BCUT2D eigenvalue weighted by atomic mass is 16.2. The molecule has 3 heterocycles. The van der Waals surface area contributed by atoms with E-state index in [0.717, 1.165) is 19.4 Å². The molecule has 0 N–H and O–H groups in total. The Hall–Kier alpha value is -0.610. The molecule has 0 bridgehead atoms. The topological polar surface area (TPSA) is 26.8 Å². The van der Waals surface area contributed by atoms with E-state index >= 15 is 0 Å². The van der Waals surface area contributed by atoms with Crippen LogP contribution in [0.1, 0.15) is 46.0 Å². The van der Waals surface area contributed by atoms with Gasteiger partial charge in [0.1, 0.15) is 0 Å². The van der Waals surface area contributed by atoms with Gasteiger partial charge in [-0.25, -0.2) is 0 Å². The molecule has 3 fully saturated rings. The first kappa shape index (κ1) is 16.3. The largest absolute Gasteiger partial charge is 0.340 e. The first-order valence-electron chi connectivity index (χ1n) is 9.18. The third kappa shape index (κ3) is 3.48. The Morgan fingerprint density at radius 2 is 1.86 bits per heavy atom. The summed E-state index contributed by atoms with van der Waals surface area (Å²) in [5.41, 5.74) is 0.606. The van der Waals surface area contributed by atoms with Crippen molar-refractivity contribution in [2.45, 2.75) is 52.0 Å². The molecule has 0 saturated carbocycles. The van der Waals surface area contributed by atoms with Crippen molar-refractivity contribution >= 4 is 5.91 Å². The van der Waals surface area contributed by atoms with E-state index < -0.39 is 0 Å². The summed E-state index contributed by atoms with van der Waals surface area (Å²) in [7, 11) is 2.25. The van der Waals surface area contributed by atoms with Gasteiger partial charge in [-0.15, -0.1) is 0 Å². The zero-order valence-electron chi connectivity index (χ0n) is 14.7. The maximum absolute atomic E-state index is 12.0. The third-order valence-corrected chi connectivity index (χ3v) is 6.25. The fraction of sp³-hybridized carbons (Fsp3) is 0.944. The number of likely N-dealkylation sites (tertiary alicyclic amines) is 3. The van der Waals surface area contributed by atoms with Gasteiger partial charge in [0.15, 0.2) is 0 Å². The molecule has 0 radical (unpaired) electrons. The van der Waals surface area contributed by atoms with Gasteiger partial charge in [-0.2, -0.15) is 0 Å². The number of amides is 1. The second-order valence-electron chi connectivity index (χ2n) is 8.33. The van der Waals surface area contributed by atoms with E-state index in [4.69, 9.17) is 0 Å². The molecule has 0 aromatic carbocycles. The molecule has 3 saturated heterocycles. The van der Waals surface area contributed by atoms with Crippen molar-refractivity contribution in [2.24, 2.45) is 11.3 Å². The number of carbonyl (C=O) groups excluding carboxylic acids is 1. The van der Waals surface area contributed by atoms with Crippen LogP contribution in [0.25, 0.3) is 0 Å². The van der Waals surface area contributed by atoms with Crippen LogP contribution >= 0.6 is 0 Å². The van der Waals surface area contributed by atoms with Gasteiger partial charge in [-0.05, 0) is 77.5 Å². The van der Waals surface area contributed by atoms with Crippen LogP contribution in [0.15, 0.2) is 0 Å². The third-order valence-electron chi connectivity index (χ3n) is 6.25. The van der Waals surface area contributed by atoms with E-state index in [0.29, 0.717) is 23.3 Å². The summed E-state index contributed by atoms with van der Waals surface area (Å²) in [6, 6.07) is 0.356. The van der Waals surface area contributed by atoms with Crippen molar-refractivity contribution in [3.05, 3.63) is 0 Å². The fourth-order valence-corrected chi connectivity index (χ4v) is 4.64. The molecule has 126 valence electrons. The Balaban J connectivity index is 1.51. The minimum absolute atomic E-state index is 0.356. The zero-order chi connectivity index (χ0) is 15.7. The Kier molecular flexibility index (Phi) is 4.79. The van der Waals surface area contributed by atoms with Crippen molar-refractivity contribution in [3.8, 4) is 0 Å². The van der Waals surface area contributed by atoms with E-state index in [-0.39, 0.29) is 0 Å². The van der Waals surface area contributed by atoms with Gasteiger partial charge in [0.2, 0.25) is 5.91 Å². The molecule has 1 amide bonds. The molecule has 0 aliphatic carbocycles. The lowest BCUT2D eigenvalue weighted by molar-refractivity contribution is -0.136. The summed E-state index contributed by atoms with van der Waals surface area (Å²) in [4.78, 5) is 19.3. The smallest absolute Gasteiger partial charge is 0.222 e. The average Bonchev–Trinajstić information content (AvgIpc) is 2.87. The van der Waals surface area contributed by atoms with Crippen molar-refractivity contribution < 1.29 is 4.79 Å². The maximum atomic E-state index is 12.0. The summed E-state index contributed by atoms with van der Waals surface area (Å²) in [6.45, 7) is 11.6. The van der Waals surface area contributed by atoms with Crippen LogP contribution in [-0.2, 0) is 4.79 Å². The molecule has 4 nitrogen and oxygen atoms in total. The van der Waals surface area contributed by atoms with Gasteiger partial charge in [0.05, 0.1) is 0 Å². The quantitative estimate of drug-likeness (QED) is 0.798. The highest BCUT2D eigenvalue weighted by molar-refractivity contribution is 5.77. The van der Waals surface area contributed by atoms with Crippen LogP contribution in [0, 0.1) is 11.3 Å². The monoisotopic (exact) mass is 307 g/mol. The minimum Gasteiger partial charge on any atom is -0.340 e. The van der Waals surface area contributed by atoms with Crippen LogP contribution in [-0.4, -0.2) is 73.0 Å². The number of hydrogen-bond acceptors (Lipinski definition) is 3. The van der Waals surface area contributed by atoms with E-state index in [1.807, 2.05) is 0 Å². The van der Waals surface area contributed by atoms with Crippen LogP contribution in [0.4, 0.5) is 0 Å². The molecule has 3 aliphatic rings. The summed E-state index contributed by atoms with van der Waals surface area (Å²) in [5, 5.41) is 0. The Bertz CT molecular complexity index is 401. The number of carbonyl (C=O) groups is 1. The summed E-state index contributed by atoms with van der Waals surface area (Å²) >= 11 is 0. The van der Waals surface area contributed by atoms with Crippen molar-refractivity contribution in [3.63, 3.8) is 0 Å². The van der Waals surface area contributed by atoms with Gasteiger partial charge in [-0.1, -0.05) is 0 Å². The second-order valence-corrected chi connectivity index (χ2v) is 8.33. The molecule has 4 heteroatoms. The first-order chi connectivity index (χ1) is 10.5. The van der Waals surface area contributed by atoms with Crippen LogP contribution in [0.2, 0.25) is 0 Å². The predicted octanol–water partition coefficient (Wildman–Crippen LogP) is 2.05. The molecular weight excluding hydrogens is 274 g/mol. The standard InChI is InChI=1S/C18H33N3O/c1-15(2)21-13-16(4-5-17(21)22)12-20-11-8-18(14-20)6-9-19(3)10-7-18/h15-16H,4-14H2,1-3H3. The van der Waals surface area contributed by atoms with Crippen LogP contribution in [0.5, 0.6) is 0 Å². The molecule has 1 spiro atoms. The van der Waals surface area contributed by atoms with E-state index in [9.17, 15) is 4.79 Å². The summed E-state index contributed by atoms with van der Waals surface area (Å²) < 4.78 is 0. The highest BCUT2D eigenvalue weighted by Crippen LogP contribution is 2.40. The fourth-order valence-electron chi connectivity index (χ4n) is 4.64. The molecule has 3 rings (SSSR count). The van der Waals surface area contributed by atoms with Crippen LogP contribution < -0.4 is 0 Å². The van der Waals surface area contributed by atoms with Crippen LogP contribution in [0.3, 0.4) is 0 Å². The lowest BCUT2D eigenvalue weighted by atomic mass is 9.78. The van der Waals surface area contributed by atoms with Crippen molar-refractivity contribution in [1.82, 2.24) is 14.7 Å². The average molecular weight is 307 g/mol. The molecule has 22 heavy (non-hydrogen) atoms. The van der Waals surface area contributed by atoms with Gasteiger partial charge in [0.25, 0.3) is 0 Å². The van der Waals surface area contributed by atoms with Crippen molar-refractivity contribution in [2.75, 3.05) is 46.3 Å². The molecule has 3 aliphatic heterocycles.